The van der Waals surface area contributed by atoms with E-state index in [0.717, 1.165) is 19.4 Å². The number of nitrogens with zero attached hydrogens (tertiary/aromatic N) is 1. The molecule has 0 aliphatic rings. The minimum atomic E-state index is -3.67. The van der Waals surface area contributed by atoms with Gasteiger partial charge in [-0.25, -0.2) is 8.42 Å². The first kappa shape index (κ1) is 16.6. The van der Waals surface area contributed by atoms with Crippen molar-refractivity contribution < 1.29 is 17.9 Å². The zero-order valence-electron chi connectivity index (χ0n) is 10.9. The minimum absolute atomic E-state index is 0.206. The lowest BCUT2D eigenvalue weighted by Crippen LogP contribution is -2.40. The predicted molar refractivity (Wildman–Crippen MR) is 77.7 cm³/mol. The fourth-order valence-corrected chi connectivity index (χ4v) is 5.15. The van der Waals surface area contributed by atoms with Gasteiger partial charge in [-0.15, -0.1) is 11.3 Å². The van der Waals surface area contributed by atoms with Gasteiger partial charge in [0.25, 0.3) is 10.0 Å². The van der Waals surface area contributed by atoms with E-state index >= 15 is 0 Å². The highest BCUT2D eigenvalue weighted by Gasteiger charge is 2.30. The zero-order valence-corrected chi connectivity index (χ0v) is 14.1. The molecule has 0 aliphatic carbocycles. The summed E-state index contributed by atoms with van der Waals surface area (Å²) >= 11 is 4.35. The standard InChI is InChI=1S/C11H16BrNO4S2/c1-4-17-10(14)7-13(8(2)3)19(15,16)11-6-5-9(12)18-11/h5-6,8H,4,7H2,1-3H3. The maximum absolute atomic E-state index is 12.4. The molecule has 1 heterocycles. The lowest BCUT2D eigenvalue weighted by atomic mass is 10.4. The Hall–Kier alpha value is -0.440. The van der Waals surface area contributed by atoms with E-state index in [9.17, 15) is 13.2 Å². The first-order valence-corrected chi connectivity index (χ1v) is 8.76. The molecule has 5 nitrogen and oxygen atoms in total. The van der Waals surface area contributed by atoms with E-state index in [4.69, 9.17) is 4.74 Å². The number of halogens is 1. The van der Waals surface area contributed by atoms with Crippen LogP contribution >= 0.6 is 27.3 Å². The summed E-state index contributed by atoms with van der Waals surface area (Å²) in [5.41, 5.74) is 0. The van der Waals surface area contributed by atoms with E-state index in [1.807, 2.05) is 0 Å². The lowest BCUT2D eigenvalue weighted by Gasteiger charge is -2.24. The Morgan fingerprint density at radius 2 is 2.11 bits per heavy atom. The number of carbonyl (C=O) groups is 1. The van der Waals surface area contributed by atoms with Crippen LogP contribution in [0.5, 0.6) is 0 Å². The summed E-state index contributed by atoms with van der Waals surface area (Å²) in [5.74, 6) is -0.546. The number of carbonyl (C=O) groups excluding carboxylic acids is 1. The average Bonchev–Trinajstić information content (AvgIpc) is 2.73. The van der Waals surface area contributed by atoms with E-state index < -0.39 is 16.0 Å². The van der Waals surface area contributed by atoms with Gasteiger partial charge in [-0.1, -0.05) is 0 Å². The Bertz CT molecular complexity index is 539. The molecule has 0 saturated heterocycles. The van der Waals surface area contributed by atoms with Gasteiger partial charge in [-0.2, -0.15) is 4.31 Å². The molecule has 1 aromatic rings. The average molecular weight is 370 g/mol. The molecule has 0 radical (unpaired) electrons. The quantitative estimate of drug-likeness (QED) is 0.722. The molecule has 1 aromatic heterocycles. The predicted octanol–water partition coefficient (Wildman–Crippen LogP) is 2.47. The first-order valence-electron chi connectivity index (χ1n) is 5.71. The van der Waals surface area contributed by atoms with Gasteiger partial charge < -0.3 is 4.74 Å². The molecular weight excluding hydrogens is 354 g/mol. The van der Waals surface area contributed by atoms with Crippen molar-refractivity contribution in [2.45, 2.75) is 31.0 Å². The SMILES string of the molecule is CCOC(=O)CN(C(C)C)S(=O)(=O)c1ccc(Br)s1. The van der Waals surface area contributed by atoms with Crippen LogP contribution in [-0.4, -0.2) is 37.9 Å². The van der Waals surface area contributed by atoms with Crippen molar-refractivity contribution in [2.24, 2.45) is 0 Å². The van der Waals surface area contributed by atoms with Crippen LogP contribution in [0.25, 0.3) is 0 Å². The normalized spacial score (nSPS) is 12.1. The van der Waals surface area contributed by atoms with Crippen molar-refractivity contribution in [3.63, 3.8) is 0 Å². The van der Waals surface area contributed by atoms with Crippen LogP contribution in [0.4, 0.5) is 0 Å². The second-order valence-corrected chi connectivity index (χ2v) is 8.59. The van der Waals surface area contributed by atoms with Crippen LogP contribution in [-0.2, 0) is 19.6 Å². The van der Waals surface area contributed by atoms with Crippen LogP contribution in [0.2, 0.25) is 0 Å². The third kappa shape index (κ3) is 4.27. The Kier molecular flexibility index (Phi) is 5.97. The molecule has 0 bridgehead atoms. The number of hydrogen-bond acceptors (Lipinski definition) is 5. The number of hydrogen-bond donors (Lipinski definition) is 0. The second kappa shape index (κ2) is 6.83. The monoisotopic (exact) mass is 369 g/mol. The molecule has 0 aliphatic heterocycles. The van der Waals surface area contributed by atoms with Gasteiger partial charge in [0, 0.05) is 6.04 Å². The van der Waals surface area contributed by atoms with E-state index in [1.54, 1.807) is 26.8 Å². The zero-order chi connectivity index (χ0) is 14.6. The first-order chi connectivity index (χ1) is 8.78. The van der Waals surface area contributed by atoms with Crippen LogP contribution < -0.4 is 0 Å². The third-order valence-electron chi connectivity index (χ3n) is 2.28. The molecule has 1 rings (SSSR count). The smallest absolute Gasteiger partial charge is 0.321 e. The van der Waals surface area contributed by atoms with Gasteiger partial charge >= 0.3 is 5.97 Å². The largest absolute Gasteiger partial charge is 0.465 e. The highest BCUT2D eigenvalue weighted by molar-refractivity contribution is 9.11. The minimum Gasteiger partial charge on any atom is -0.465 e. The fourth-order valence-electron chi connectivity index (χ4n) is 1.43. The number of thiophene rings is 1. The van der Waals surface area contributed by atoms with Crippen LogP contribution in [0, 0.1) is 0 Å². The van der Waals surface area contributed by atoms with Crippen LogP contribution in [0.15, 0.2) is 20.1 Å². The molecule has 0 amide bonds. The molecule has 0 atom stereocenters. The Morgan fingerprint density at radius 3 is 2.53 bits per heavy atom. The van der Waals surface area contributed by atoms with Crippen molar-refractivity contribution >= 4 is 43.3 Å². The Labute approximate surface area is 125 Å². The number of ether oxygens (including phenoxy) is 1. The van der Waals surface area contributed by atoms with Crippen LogP contribution in [0.1, 0.15) is 20.8 Å². The number of esters is 1. The number of rotatable bonds is 6. The third-order valence-corrected chi connectivity index (χ3v) is 6.39. The maximum atomic E-state index is 12.4. The summed E-state index contributed by atoms with van der Waals surface area (Å²) < 4.78 is 31.8. The molecular formula is C11H16BrNO4S2. The van der Waals surface area contributed by atoms with E-state index in [1.165, 1.54) is 6.07 Å². The summed E-state index contributed by atoms with van der Waals surface area (Å²) in [6, 6.07) is 2.86. The van der Waals surface area contributed by atoms with Gasteiger partial charge in [0.05, 0.1) is 10.4 Å². The Balaban J connectivity index is 3.02. The molecule has 0 saturated carbocycles. The molecule has 19 heavy (non-hydrogen) atoms. The molecule has 0 fully saturated rings. The van der Waals surface area contributed by atoms with Crippen molar-refractivity contribution in [1.29, 1.82) is 0 Å². The molecule has 0 spiro atoms. The summed E-state index contributed by atoms with van der Waals surface area (Å²) in [6.45, 7) is 5.08. The van der Waals surface area contributed by atoms with Crippen molar-refractivity contribution in [1.82, 2.24) is 4.31 Å². The van der Waals surface area contributed by atoms with E-state index in [0.29, 0.717) is 0 Å². The topological polar surface area (TPSA) is 63.7 Å². The highest BCUT2D eigenvalue weighted by Crippen LogP contribution is 2.29. The van der Waals surface area contributed by atoms with Gasteiger partial charge in [-0.05, 0) is 48.8 Å². The summed E-state index contributed by atoms with van der Waals surface area (Å²) in [5, 5.41) is 0. The Morgan fingerprint density at radius 1 is 1.47 bits per heavy atom. The van der Waals surface area contributed by atoms with E-state index in [-0.39, 0.29) is 23.4 Å². The summed E-state index contributed by atoms with van der Waals surface area (Å²) in [4.78, 5) is 11.5. The van der Waals surface area contributed by atoms with E-state index in [2.05, 4.69) is 15.9 Å². The van der Waals surface area contributed by atoms with Crippen LogP contribution in [0.3, 0.4) is 0 Å². The molecule has 0 N–H and O–H groups in total. The van der Waals surface area contributed by atoms with Crippen molar-refractivity contribution in [3.05, 3.63) is 15.9 Å². The molecule has 0 aromatic carbocycles. The fraction of sp³-hybridized carbons (Fsp3) is 0.545. The highest BCUT2D eigenvalue weighted by atomic mass is 79.9. The summed E-state index contributed by atoms with van der Waals surface area (Å²) in [6.07, 6.45) is 0. The summed E-state index contributed by atoms with van der Waals surface area (Å²) in [7, 11) is -3.67. The number of sulfonamides is 1. The maximum Gasteiger partial charge on any atom is 0.321 e. The van der Waals surface area contributed by atoms with Crippen molar-refractivity contribution in [3.8, 4) is 0 Å². The molecule has 108 valence electrons. The molecule has 8 heteroatoms. The van der Waals surface area contributed by atoms with Gasteiger partial charge in [0.1, 0.15) is 10.8 Å². The van der Waals surface area contributed by atoms with Crippen molar-refractivity contribution in [2.75, 3.05) is 13.2 Å². The lowest BCUT2D eigenvalue weighted by molar-refractivity contribution is -0.143. The van der Waals surface area contributed by atoms with Gasteiger partial charge in [-0.3, -0.25) is 4.79 Å². The van der Waals surface area contributed by atoms with Gasteiger partial charge in [0.2, 0.25) is 0 Å². The molecule has 0 unspecified atom stereocenters. The second-order valence-electron chi connectivity index (χ2n) is 4.01. The van der Waals surface area contributed by atoms with Gasteiger partial charge in [0.15, 0.2) is 0 Å².